The number of aromatic nitrogens is 2. The van der Waals surface area contributed by atoms with E-state index >= 15 is 0 Å². The van der Waals surface area contributed by atoms with E-state index in [0.29, 0.717) is 53.9 Å². The molecule has 2 aromatic carbocycles. The van der Waals surface area contributed by atoms with Crippen molar-refractivity contribution >= 4 is 38.8 Å². The smallest absolute Gasteiger partial charge is 0.338 e. The van der Waals surface area contributed by atoms with Gasteiger partial charge in [-0.3, -0.25) is 0 Å². The molecule has 2 fully saturated rings. The number of thioether (sulfide) groups is 1. The summed E-state index contributed by atoms with van der Waals surface area (Å²) in [6, 6.07) is 12.7. The zero-order valence-corrected chi connectivity index (χ0v) is 23.6. The van der Waals surface area contributed by atoms with Crippen molar-refractivity contribution < 1.29 is 22.7 Å². The fourth-order valence-electron chi connectivity index (χ4n) is 5.14. The first-order chi connectivity index (χ1) is 18.3. The minimum Gasteiger partial charge on any atom is -0.462 e. The molecule has 3 heterocycles. The van der Waals surface area contributed by atoms with Gasteiger partial charge in [0.15, 0.2) is 5.16 Å². The molecule has 0 saturated carbocycles. The van der Waals surface area contributed by atoms with Crippen LogP contribution in [0.15, 0.2) is 52.5 Å². The number of carbonyl (C=O) groups excluding carboxylic acids is 1. The van der Waals surface area contributed by atoms with Gasteiger partial charge in [-0.2, -0.15) is 4.31 Å². The number of esters is 1. The summed E-state index contributed by atoms with van der Waals surface area (Å²) >= 11 is 1.60. The molecule has 2 aliphatic rings. The van der Waals surface area contributed by atoms with Crippen molar-refractivity contribution in [3.8, 4) is 0 Å². The molecule has 1 aromatic heterocycles. The highest BCUT2D eigenvalue weighted by molar-refractivity contribution is 7.98. The van der Waals surface area contributed by atoms with Crippen molar-refractivity contribution in [2.24, 2.45) is 5.92 Å². The van der Waals surface area contributed by atoms with Gasteiger partial charge in [-0.25, -0.2) is 18.2 Å². The predicted molar refractivity (Wildman–Crippen MR) is 148 cm³/mol. The quantitative estimate of drug-likeness (QED) is 0.267. The first kappa shape index (κ1) is 27.2. The molecule has 2 atom stereocenters. The Morgan fingerprint density at radius 1 is 1.16 bits per heavy atom. The van der Waals surface area contributed by atoms with Gasteiger partial charge in [-0.1, -0.05) is 30.8 Å². The van der Waals surface area contributed by atoms with Crippen LogP contribution in [0.3, 0.4) is 0 Å². The molecular weight excluding hydrogens is 522 g/mol. The van der Waals surface area contributed by atoms with Crippen LogP contribution in [0.1, 0.15) is 55.5 Å². The number of hydrogen-bond donors (Lipinski definition) is 0. The van der Waals surface area contributed by atoms with Gasteiger partial charge >= 0.3 is 5.97 Å². The summed E-state index contributed by atoms with van der Waals surface area (Å²) in [6.45, 7) is 6.80. The molecule has 2 unspecified atom stereocenters. The molecule has 0 bridgehead atoms. The summed E-state index contributed by atoms with van der Waals surface area (Å²) < 4.78 is 41.6. The monoisotopic (exact) mass is 557 g/mol. The van der Waals surface area contributed by atoms with Crippen LogP contribution in [0, 0.1) is 5.92 Å². The highest BCUT2D eigenvalue weighted by Crippen LogP contribution is 2.31. The molecule has 204 valence electrons. The fourth-order valence-corrected chi connectivity index (χ4v) is 7.74. The van der Waals surface area contributed by atoms with E-state index in [0.717, 1.165) is 48.5 Å². The Balaban J connectivity index is 1.41. The van der Waals surface area contributed by atoms with E-state index in [2.05, 4.69) is 11.5 Å². The number of nitrogens with zero attached hydrogens (tertiary/aromatic N) is 3. The SMILES string of the molecule is CCOC(=O)c1ccc(CSc2nc3cc(S(=O)(=O)N4CCCC(C)C4)ccc3n2CC2CCCO2)cc1. The van der Waals surface area contributed by atoms with E-state index in [9.17, 15) is 13.2 Å². The second-order valence-electron chi connectivity index (χ2n) is 10.1. The van der Waals surface area contributed by atoms with Crippen molar-refractivity contribution in [3.05, 3.63) is 53.6 Å². The van der Waals surface area contributed by atoms with Gasteiger partial charge in [0.25, 0.3) is 0 Å². The molecule has 2 aliphatic heterocycles. The summed E-state index contributed by atoms with van der Waals surface area (Å²) in [5.74, 6) is 0.700. The summed E-state index contributed by atoms with van der Waals surface area (Å²) in [7, 11) is -3.57. The van der Waals surface area contributed by atoms with Crippen molar-refractivity contribution in [1.29, 1.82) is 0 Å². The van der Waals surface area contributed by atoms with Gasteiger partial charge in [0.05, 0.1) is 40.7 Å². The van der Waals surface area contributed by atoms with Crippen LogP contribution >= 0.6 is 11.8 Å². The van der Waals surface area contributed by atoms with Crippen LogP contribution in [0.2, 0.25) is 0 Å². The van der Waals surface area contributed by atoms with Crippen LogP contribution in [0.5, 0.6) is 0 Å². The van der Waals surface area contributed by atoms with Crippen LogP contribution in [0.4, 0.5) is 0 Å². The molecule has 0 spiro atoms. The second kappa shape index (κ2) is 11.8. The van der Waals surface area contributed by atoms with Crippen LogP contribution in [-0.4, -0.2) is 60.7 Å². The Morgan fingerprint density at radius 2 is 1.97 bits per heavy atom. The number of fused-ring (bicyclic) bond motifs is 1. The molecule has 38 heavy (non-hydrogen) atoms. The lowest BCUT2D eigenvalue weighted by Crippen LogP contribution is -2.39. The highest BCUT2D eigenvalue weighted by Gasteiger charge is 2.29. The number of hydrogen-bond acceptors (Lipinski definition) is 7. The van der Waals surface area contributed by atoms with Crippen LogP contribution < -0.4 is 0 Å². The number of ether oxygens (including phenoxy) is 2. The topological polar surface area (TPSA) is 90.7 Å². The summed E-state index contributed by atoms with van der Waals surface area (Å²) in [5.41, 5.74) is 3.17. The Morgan fingerprint density at radius 3 is 2.68 bits per heavy atom. The van der Waals surface area contributed by atoms with Gasteiger partial charge in [-0.05, 0) is 74.4 Å². The molecule has 3 aromatic rings. The second-order valence-corrected chi connectivity index (χ2v) is 13.0. The summed E-state index contributed by atoms with van der Waals surface area (Å²) in [4.78, 5) is 17.1. The van der Waals surface area contributed by atoms with Crippen LogP contribution in [-0.2, 0) is 31.8 Å². The lowest BCUT2D eigenvalue weighted by atomic mass is 10.0. The zero-order valence-electron chi connectivity index (χ0n) is 22.0. The average molecular weight is 558 g/mol. The Labute approximate surface area is 228 Å². The molecule has 0 amide bonds. The Hall–Kier alpha value is -2.40. The number of imidazole rings is 1. The minimum atomic E-state index is -3.57. The highest BCUT2D eigenvalue weighted by atomic mass is 32.2. The number of rotatable bonds is 9. The Kier molecular flexibility index (Phi) is 8.42. The van der Waals surface area contributed by atoms with Crippen molar-refractivity contribution in [3.63, 3.8) is 0 Å². The van der Waals surface area contributed by atoms with Crippen molar-refractivity contribution in [2.45, 2.75) is 68.0 Å². The lowest BCUT2D eigenvalue weighted by Gasteiger charge is -2.30. The van der Waals surface area contributed by atoms with Gasteiger partial charge in [0.2, 0.25) is 10.0 Å². The predicted octanol–water partition coefficient (Wildman–Crippen LogP) is 5.10. The first-order valence-corrected chi connectivity index (χ1v) is 15.8. The van der Waals surface area contributed by atoms with Crippen molar-refractivity contribution in [2.75, 3.05) is 26.3 Å². The third-order valence-corrected chi connectivity index (χ3v) is 10.1. The van der Waals surface area contributed by atoms with Crippen LogP contribution in [0.25, 0.3) is 11.0 Å². The molecule has 5 rings (SSSR count). The number of benzene rings is 2. The summed E-state index contributed by atoms with van der Waals surface area (Å²) in [6.07, 6.45) is 4.11. The lowest BCUT2D eigenvalue weighted by molar-refractivity contribution is 0.0526. The normalized spacial score (nSPS) is 20.7. The fraction of sp³-hybridized carbons (Fsp3) is 0.500. The zero-order chi connectivity index (χ0) is 26.7. The van der Waals surface area contributed by atoms with Gasteiger partial charge < -0.3 is 14.0 Å². The average Bonchev–Trinajstić information content (AvgIpc) is 3.56. The molecule has 10 heteroatoms. The maximum absolute atomic E-state index is 13.4. The molecule has 8 nitrogen and oxygen atoms in total. The first-order valence-electron chi connectivity index (χ1n) is 13.4. The van der Waals surface area contributed by atoms with Gasteiger partial charge in [-0.15, -0.1) is 0 Å². The van der Waals surface area contributed by atoms with Gasteiger partial charge in [0, 0.05) is 25.4 Å². The number of sulfonamides is 1. The molecule has 0 radical (unpaired) electrons. The van der Waals surface area contributed by atoms with Crippen molar-refractivity contribution in [1.82, 2.24) is 13.9 Å². The minimum absolute atomic E-state index is 0.119. The Bertz CT molecular complexity index is 1380. The molecule has 0 aliphatic carbocycles. The largest absolute Gasteiger partial charge is 0.462 e. The van der Waals surface area contributed by atoms with E-state index in [1.165, 1.54) is 0 Å². The maximum Gasteiger partial charge on any atom is 0.338 e. The number of carbonyl (C=O) groups is 1. The van der Waals surface area contributed by atoms with E-state index in [1.807, 2.05) is 18.2 Å². The standard InChI is InChI=1S/C28H35N3O5S2/c1-3-35-27(32)22-10-8-21(9-11-22)19-37-28-29-25-16-24(38(33,34)30-14-4-6-20(2)17-30)12-13-26(25)31(28)18-23-7-5-15-36-23/h8-13,16,20,23H,3-7,14-15,17-19H2,1-2H3. The number of piperidine rings is 1. The third kappa shape index (κ3) is 5.93. The van der Waals surface area contributed by atoms with E-state index in [1.54, 1.807) is 47.3 Å². The van der Waals surface area contributed by atoms with E-state index < -0.39 is 10.0 Å². The third-order valence-electron chi connectivity index (χ3n) is 7.19. The van der Waals surface area contributed by atoms with E-state index in [-0.39, 0.29) is 12.1 Å². The molecule has 2 saturated heterocycles. The van der Waals surface area contributed by atoms with Gasteiger partial charge in [0.1, 0.15) is 0 Å². The van der Waals surface area contributed by atoms with E-state index in [4.69, 9.17) is 14.5 Å². The maximum atomic E-state index is 13.4. The molecule has 0 N–H and O–H groups in total. The summed E-state index contributed by atoms with van der Waals surface area (Å²) in [5, 5.41) is 0.825. The molecular formula is C28H35N3O5S2.